The minimum absolute atomic E-state index is 0.310. The van der Waals surface area contributed by atoms with Gasteiger partial charge >= 0.3 is 5.97 Å². The number of benzene rings is 3. The van der Waals surface area contributed by atoms with Gasteiger partial charge in [0, 0.05) is 21.2 Å². The SMILES string of the molecule is O=C(O[C@@H](C(=O)c1ccccc1)c1ccc(Cl)cc1)c1ccc(Cl)cc1. The van der Waals surface area contributed by atoms with E-state index in [1.165, 1.54) is 0 Å². The van der Waals surface area contributed by atoms with Crippen LogP contribution in [0.5, 0.6) is 0 Å². The summed E-state index contributed by atoms with van der Waals surface area (Å²) in [7, 11) is 0. The Morgan fingerprint density at radius 3 is 1.81 bits per heavy atom. The zero-order valence-electron chi connectivity index (χ0n) is 13.6. The summed E-state index contributed by atoms with van der Waals surface area (Å²) in [4.78, 5) is 25.4. The van der Waals surface area contributed by atoms with E-state index in [1.807, 2.05) is 6.07 Å². The number of ketones is 1. The highest BCUT2D eigenvalue weighted by atomic mass is 35.5. The third kappa shape index (κ3) is 4.31. The summed E-state index contributed by atoms with van der Waals surface area (Å²) < 4.78 is 5.54. The van der Waals surface area contributed by atoms with E-state index >= 15 is 0 Å². The van der Waals surface area contributed by atoms with Crippen LogP contribution in [0.4, 0.5) is 0 Å². The molecule has 0 aromatic heterocycles. The second kappa shape index (κ2) is 8.17. The maximum Gasteiger partial charge on any atom is 0.339 e. The molecule has 0 bridgehead atoms. The predicted molar refractivity (Wildman–Crippen MR) is 102 cm³/mol. The lowest BCUT2D eigenvalue weighted by molar-refractivity contribution is 0.0280. The van der Waals surface area contributed by atoms with E-state index in [4.69, 9.17) is 27.9 Å². The van der Waals surface area contributed by atoms with Gasteiger partial charge in [-0.15, -0.1) is 0 Å². The average Bonchev–Trinajstić information content (AvgIpc) is 2.67. The fourth-order valence-corrected chi connectivity index (χ4v) is 2.68. The number of carbonyl (C=O) groups is 2. The number of hydrogen-bond acceptors (Lipinski definition) is 3. The van der Waals surface area contributed by atoms with Crippen LogP contribution in [0.2, 0.25) is 10.0 Å². The van der Waals surface area contributed by atoms with E-state index in [-0.39, 0.29) is 5.78 Å². The molecular weight excluding hydrogens is 371 g/mol. The molecule has 3 aromatic carbocycles. The van der Waals surface area contributed by atoms with Crippen molar-refractivity contribution >= 4 is 35.0 Å². The van der Waals surface area contributed by atoms with E-state index in [1.54, 1.807) is 72.8 Å². The number of halogens is 2. The van der Waals surface area contributed by atoms with Gasteiger partial charge < -0.3 is 4.74 Å². The molecule has 0 aliphatic heterocycles. The molecule has 0 amide bonds. The summed E-state index contributed by atoms with van der Waals surface area (Å²) in [6.07, 6.45) is -1.07. The number of carbonyl (C=O) groups excluding carboxylic acids is 2. The number of hydrogen-bond donors (Lipinski definition) is 0. The maximum absolute atomic E-state index is 12.9. The summed E-state index contributed by atoms with van der Waals surface area (Å²) >= 11 is 11.8. The molecule has 26 heavy (non-hydrogen) atoms. The van der Waals surface area contributed by atoms with Crippen molar-refractivity contribution in [1.82, 2.24) is 0 Å². The smallest absolute Gasteiger partial charge is 0.339 e. The number of ether oxygens (including phenoxy) is 1. The number of Topliss-reactive ketones (excluding diaryl/α,β-unsaturated/α-hetero) is 1. The molecule has 5 heteroatoms. The van der Waals surface area contributed by atoms with Crippen LogP contribution in [-0.4, -0.2) is 11.8 Å². The first-order chi connectivity index (χ1) is 12.5. The van der Waals surface area contributed by atoms with Crippen LogP contribution in [0.15, 0.2) is 78.9 Å². The Labute approximate surface area is 161 Å². The molecule has 1 atom stereocenters. The molecule has 0 heterocycles. The summed E-state index contributed by atoms with van der Waals surface area (Å²) in [5.41, 5.74) is 1.32. The van der Waals surface area contributed by atoms with Crippen molar-refractivity contribution in [2.45, 2.75) is 6.10 Å². The van der Waals surface area contributed by atoms with Gasteiger partial charge in [-0.3, -0.25) is 4.79 Å². The zero-order valence-corrected chi connectivity index (χ0v) is 15.1. The molecule has 0 saturated carbocycles. The Bertz CT molecular complexity index is 904. The van der Waals surface area contributed by atoms with Gasteiger partial charge in [0.2, 0.25) is 5.78 Å². The van der Waals surface area contributed by atoms with Gasteiger partial charge in [-0.2, -0.15) is 0 Å². The molecular formula is C21H14Cl2O3. The van der Waals surface area contributed by atoms with Gasteiger partial charge in [0.1, 0.15) is 0 Å². The fourth-order valence-electron chi connectivity index (χ4n) is 2.43. The molecule has 0 fully saturated rings. The Morgan fingerprint density at radius 1 is 0.692 bits per heavy atom. The topological polar surface area (TPSA) is 43.4 Å². The fraction of sp³-hybridized carbons (Fsp3) is 0.0476. The van der Waals surface area contributed by atoms with Crippen LogP contribution in [0.25, 0.3) is 0 Å². The monoisotopic (exact) mass is 384 g/mol. The van der Waals surface area contributed by atoms with Crippen molar-refractivity contribution in [2.75, 3.05) is 0 Å². The van der Waals surface area contributed by atoms with Crippen LogP contribution in [-0.2, 0) is 4.74 Å². The normalized spacial score (nSPS) is 11.6. The zero-order chi connectivity index (χ0) is 18.5. The molecule has 3 aromatic rings. The molecule has 0 N–H and O–H groups in total. The van der Waals surface area contributed by atoms with Crippen molar-refractivity contribution in [3.63, 3.8) is 0 Å². The Hall–Kier alpha value is -2.62. The molecule has 0 radical (unpaired) electrons. The van der Waals surface area contributed by atoms with Crippen LogP contribution in [0.3, 0.4) is 0 Å². The first kappa shape index (κ1) is 18.2. The minimum Gasteiger partial charge on any atom is -0.445 e. The Balaban J connectivity index is 1.92. The molecule has 0 unspecified atom stereocenters. The van der Waals surface area contributed by atoms with E-state index < -0.39 is 12.1 Å². The summed E-state index contributed by atoms with van der Waals surface area (Å²) in [6, 6.07) is 21.6. The minimum atomic E-state index is -1.07. The largest absolute Gasteiger partial charge is 0.445 e. The molecule has 0 spiro atoms. The summed E-state index contributed by atoms with van der Waals surface area (Å²) in [5, 5.41) is 1.04. The summed E-state index contributed by atoms with van der Waals surface area (Å²) in [5.74, 6) is -0.916. The van der Waals surface area contributed by atoms with Crippen molar-refractivity contribution in [1.29, 1.82) is 0 Å². The van der Waals surface area contributed by atoms with Crippen molar-refractivity contribution in [2.24, 2.45) is 0 Å². The Kier molecular flexibility index (Phi) is 5.71. The van der Waals surface area contributed by atoms with Crippen LogP contribution in [0.1, 0.15) is 32.4 Å². The van der Waals surface area contributed by atoms with Gasteiger partial charge in [0.05, 0.1) is 5.56 Å². The first-order valence-electron chi connectivity index (χ1n) is 7.86. The summed E-state index contributed by atoms with van der Waals surface area (Å²) in [6.45, 7) is 0. The van der Waals surface area contributed by atoms with E-state index in [2.05, 4.69) is 0 Å². The lowest BCUT2D eigenvalue weighted by Gasteiger charge is -2.17. The highest BCUT2D eigenvalue weighted by Crippen LogP contribution is 2.25. The molecule has 3 rings (SSSR count). The molecule has 0 aliphatic carbocycles. The van der Waals surface area contributed by atoms with E-state index in [0.717, 1.165) is 0 Å². The van der Waals surface area contributed by atoms with Crippen molar-refractivity contribution < 1.29 is 14.3 Å². The average molecular weight is 385 g/mol. The van der Waals surface area contributed by atoms with E-state index in [0.29, 0.717) is 26.7 Å². The second-order valence-corrected chi connectivity index (χ2v) is 6.45. The second-order valence-electron chi connectivity index (χ2n) is 5.57. The first-order valence-corrected chi connectivity index (χ1v) is 8.61. The number of rotatable bonds is 5. The molecule has 130 valence electrons. The standard InChI is InChI=1S/C21H14Cl2O3/c22-17-10-6-15(7-11-17)20(19(24)14-4-2-1-3-5-14)26-21(25)16-8-12-18(23)13-9-16/h1-13,20H/t20-/m1/s1. The van der Waals surface area contributed by atoms with Gasteiger partial charge in [0.15, 0.2) is 6.10 Å². The van der Waals surface area contributed by atoms with Gasteiger partial charge in [-0.05, 0) is 36.4 Å². The van der Waals surface area contributed by atoms with Gasteiger partial charge in [-0.1, -0.05) is 65.7 Å². The number of esters is 1. The highest BCUT2D eigenvalue weighted by molar-refractivity contribution is 6.30. The van der Waals surface area contributed by atoms with Crippen LogP contribution in [0, 0.1) is 0 Å². The van der Waals surface area contributed by atoms with Gasteiger partial charge in [-0.25, -0.2) is 4.79 Å². The van der Waals surface area contributed by atoms with Crippen molar-refractivity contribution in [3.05, 3.63) is 106 Å². The lowest BCUT2D eigenvalue weighted by atomic mass is 9.99. The van der Waals surface area contributed by atoms with Crippen molar-refractivity contribution in [3.8, 4) is 0 Å². The van der Waals surface area contributed by atoms with Crippen LogP contribution < -0.4 is 0 Å². The Morgan fingerprint density at radius 2 is 1.23 bits per heavy atom. The highest BCUT2D eigenvalue weighted by Gasteiger charge is 2.26. The molecule has 3 nitrogen and oxygen atoms in total. The molecule has 0 aliphatic rings. The van der Waals surface area contributed by atoms with E-state index in [9.17, 15) is 9.59 Å². The van der Waals surface area contributed by atoms with Gasteiger partial charge in [0.25, 0.3) is 0 Å². The quantitative estimate of drug-likeness (QED) is 0.413. The lowest BCUT2D eigenvalue weighted by Crippen LogP contribution is -2.20. The maximum atomic E-state index is 12.9. The third-order valence-electron chi connectivity index (χ3n) is 3.77. The predicted octanol–water partition coefficient (Wildman–Crippen LogP) is 5.77. The third-order valence-corrected chi connectivity index (χ3v) is 4.28. The van der Waals surface area contributed by atoms with Crippen LogP contribution >= 0.6 is 23.2 Å². The molecule has 0 saturated heterocycles.